The fraction of sp³-hybridized carbons (Fsp3) is 0.525. The number of anilines is 1. The largest absolute Gasteiger partial charge is 0.444 e. The number of halogens is 1. The van der Waals surface area contributed by atoms with Crippen LogP contribution in [0.4, 0.5) is 25.0 Å². The number of carbonyl (C=O) groups excluding carboxylic acids is 5. The average Bonchev–Trinajstić information content (AvgIpc) is 3.54. The maximum absolute atomic E-state index is 11.8. The Balaban J connectivity index is 0. The van der Waals surface area contributed by atoms with E-state index >= 15 is 0 Å². The molecule has 0 saturated carbocycles. The number of thiocarbonyl (C=S) groups is 1. The second-order valence-corrected chi connectivity index (χ2v) is 17.9. The predicted molar refractivity (Wildman–Crippen MR) is 245 cm³/mol. The van der Waals surface area contributed by atoms with E-state index in [2.05, 4.69) is 47.2 Å². The number of carbonyl (C=O) groups is 5. The molecule has 0 aliphatic heterocycles. The molecule has 19 nitrogen and oxygen atoms in total. The van der Waals surface area contributed by atoms with E-state index in [4.69, 9.17) is 46.6 Å². The number of thiazole rings is 1. The average molecular weight is 976 g/mol. The number of alkyl carbamates (subject to hydrolysis) is 1. The number of amides is 5. The Kier molecular flexibility index (Phi) is 25.8. The number of pyridine rings is 2. The number of nitrogens with two attached hydrogens (primary N) is 1. The summed E-state index contributed by atoms with van der Waals surface area (Å²) in [4.78, 5) is 79.2. The number of imide groups is 1. The highest BCUT2D eigenvalue weighted by Gasteiger charge is 2.20. The molecule has 0 radical (unpaired) electrons. The van der Waals surface area contributed by atoms with E-state index in [1.54, 1.807) is 119 Å². The summed E-state index contributed by atoms with van der Waals surface area (Å²) in [6.45, 7) is 21.4. The van der Waals surface area contributed by atoms with Crippen molar-refractivity contribution in [2.45, 2.75) is 134 Å². The highest BCUT2D eigenvalue weighted by atomic mass is 79.9. The zero-order valence-electron chi connectivity index (χ0n) is 35.8. The van der Waals surface area contributed by atoms with Gasteiger partial charge in [-0.2, -0.15) is 11.0 Å². The zero-order chi connectivity index (χ0) is 45.9. The topological polar surface area (TPSA) is 254 Å². The molecule has 62 heavy (non-hydrogen) atoms. The molecule has 0 fully saturated rings. The molecule has 3 rings (SSSR count). The van der Waals surface area contributed by atoms with Crippen LogP contribution in [0.5, 0.6) is 0 Å². The van der Waals surface area contributed by atoms with Gasteiger partial charge in [-0.25, -0.2) is 24.2 Å². The van der Waals surface area contributed by atoms with Gasteiger partial charge in [0.2, 0.25) is 5.91 Å². The molecule has 3 aromatic heterocycles. The highest BCUT2D eigenvalue weighted by molar-refractivity contribution is 9.09. The maximum atomic E-state index is 11.8. The van der Waals surface area contributed by atoms with Crippen LogP contribution in [-0.2, 0) is 46.6 Å². The van der Waals surface area contributed by atoms with E-state index in [0.29, 0.717) is 27.8 Å². The molecule has 0 aliphatic carbocycles. The van der Waals surface area contributed by atoms with Crippen LogP contribution in [0.15, 0.2) is 42.0 Å². The molecular weight excluding hydrogens is 913 g/mol. The minimum atomic E-state index is -0.716. The van der Waals surface area contributed by atoms with Crippen LogP contribution in [0.3, 0.4) is 0 Å². The number of nitrogens with zero attached hydrogens (tertiary/aromatic N) is 3. The van der Waals surface area contributed by atoms with E-state index in [1.165, 1.54) is 11.3 Å². The Morgan fingerprint density at radius 1 is 0.677 bits per heavy atom. The van der Waals surface area contributed by atoms with Crippen molar-refractivity contribution in [1.29, 1.82) is 0 Å². The van der Waals surface area contributed by atoms with Gasteiger partial charge in [0, 0.05) is 28.9 Å². The van der Waals surface area contributed by atoms with Gasteiger partial charge >= 0.3 is 24.4 Å². The second kappa shape index (κ2) is 27.1. The number of hydrogen-bond acceptors (Lipinski definition) is 16. The third-order valence-corrected chi connectivity index (χ3v) is 7.26. The molecule has 6 N–H and O–H groups in total. The lowest BCUT2D eigenvalue weighted by Crippen LogP contribution is -2.36. The van der Waals surface area contributed by atoms with Crippen molar-refractivity contribution in [2.24, 2.45) is 5.73 Å². The molecule has 0 bridgehead atoms. The van der Waals surface area contributed by atoms with Gasteiger partial charge in [0.15, 0.2) is 0 Å². The van der Waals surface area contributed by atoms with Crippen molar-refractivity contribution in [3.8, 4) is 10.6 Å². The molecule has 3 aromatic rings. The molecule has 0 spiro atoms. The van der Waals surface area contributed by atoms with Gasteiger partial charge in [-0.15, -0.1) is 11.3 Å². The molecule has 0 aromatic carbocycles. The molecule has 22 heteroatoms. The summed E-state index contributed by atoms with van der Waals surface area (Å²) in [6, 6.07) is 7.04. The number of alkyl halides is 1. The van der Waals surface area contributed by atoms with Crippen molar-refractivity contribution in [3.63, 3.8) is 0 Å². The van der Waals surface area contributed by atoms with Crippen molar-refractivity contribution >= 4 is 80.6 Å². The van der Waals surface area contributed by atoms with Gasteiger partial charge in [0.1, 0.15) is 51.4 Å². The van der Waals surface area contributed by atoms with Gasteiger partial charge in [-0.1, -0.05) is 43.0 Å². The Morgan fingerprint density at radius 2 is 1.11 bits per heavy atom. The smallest absolute Gasteiger partial charge is 0.431 e. The summed E-state index contributed by atoms with van der Waals surface area (Å²) in [6.07, 6.45) is 0.607. The SMILES string of the molecule is C.C.CC(C)(C)OC(=O)NC(=O)CBr.CC(C)(C)OC(=O)NOCc1ccc(-c2nc(NC(=O)OC(C)(C)C)cs2)cn1.CC(C)(C)OC(=O)NOCc1ccc(C(N)=S)cn1. The first-order valence-electron chi connectivity index (χ1n) is 18.0. The lowest BCUT2D eigenvalue weighted by atomic mass is 10.2. The van der Waals surface area contributed by atoms with Crippen LogP contribution < -0.4 is 27.3 Å². The molecule has 5 amide bonds. The third-order valence-electron chi connectivity index (χ3n) is 5.62. The normalized spacial score (nSPS) is 10.9. The molecule has 3 heterocycles. The van der Waals surface area contributed by atoms with Gasteiger partial charge in [0.25, 0.3) is 0 Å². The highest BCUT2D eigenvalue weighted by Crippen LogP contribution is 2.26. The zero-order valence-corrected chi connectivity index (χ0v) is 39.0. The van der Waals surface area contributed by atoms with Crippen LogP contribution in [0.25, 0.3) is 10.6 Å². The number of rotatable bonds is 10. The van der Waals surface area contributed by atoms with Gasteiger partial charge in [0.05, 0.1) is 16.7 Å². The summed E-state index contributed by atoms with van der Waals surface area (Å²) < 4.78 is 20.1. The molecule has 348 valence electrons. The fourth-order valence-corrected chi connectivity index (χ4v) is 4.55. The van der Waals surface area contributed by atoms with E-state index in [1.807, 2.05) is 11.4 Å². The van der Waals surface area contributed by atoms with Crippen LogP contribution in [0.2, 0.25) is 0 Å². The quantitative estimate of drug-likeness (QED) is 0.0550. The molecule has 0 unspecified atom stereocenters. The lowest BCUT2D eigenvalue weighted by molar-refractivity contribution is -0.118. The second-order valence-electron chi connectivity index (χ2n) is 16.1. The summed E-state index contributed by atoms with van der Waals surface area (Å²) in [5, 5.41) is 7.15. The summed E-state index contributed by atoms with van der Waals surface area (Å²) in [7, 11) is 0. The van der Waals surface area contributed by atoms with Gasteiger partial charge < -0.3 is 24.7 Å². The molecule has 0 aliphatic rings. The molecule has 0 saturated heterocycles. The Bertz CT molecular complexity index is 1870. The van der Waals surface area contributed by atoms with E-state index in [-0.39, 0.29) is 38.4 Å². The summed E-state index contributed by atoms with van der Waals surface area (Å²) >= 11 is 9.08. The van der Waals surface area contributed by atoms with E-state index in [0.717, 1.165) is 5.56 Å². The molecule has 0 atom stereocenters. The first kappa shape index (κ1) is 59.1. The van der Waals surface area contributed by atoms with E-state index < -0.39 is 52.7 Å². The monoisotopic (exact) mass is 974 g/mol. The molecular formula is C40H63BrN8O11S2. The minimum absolute atomic E-state index is 0. The number of hydroxylamine groups is 2. The summed E-state index contributed by atoms with van der Waals surface area (Å²) in [5.74, 6) is -0.00234. The van der Waals surface area contributed by atoms with Crippen molar-refractivity contribution in [1.82, 2.24) is 31.2 Å². The first-order valence-corrected chi connectivity index (χ1v) is 20.4. The third kappa shape index (κ3) is 29.3. The van der Waals surface area contributed by atoms with Crippen LogP contribution in [0.1, 0.15) is 115 Å². The first-order chi connectivity index (χ1) is 27.5. The van der Waals surface area contributed by atoms with Crippen LogP contribution in [0, 0.1) is 0 Å². The van der Waals surface area contributed by atoms with Crippen molar-refractivity contribution < 1.29 is 52.6 Å². The Labute approximate surface area is 382 Å². The Hall–Kier alpha value is -5.03. The van der Waals surface area contributed by atoms with Gasteiger partial charge in [-0.05, 0) is 107 Å². The number of hydrogen-bond donors (Lipinski definition) is 5. The fourth-order valence-electron chi connectivity index (χ4n) is 3.55. The standard InChI is InChI=1S/C19H26N4O5S.C12H17N3O3S.C7H12BrNO3.2CH4/c1-18(2,3)27-16(24)22-14-11-29-15(21-14)12-7-8-13(20-9-12)10-26-23-17(25)28-19(4,5)6;1-12(2,3)18-11(16)15-17-7-9-5-4-8(6-14-9)10(13)19;1-7(2,3)12-6(11)9-5(10)4-8;;/h7-9,11H,10H2,1-6H3,(H,22,24)(H,23,25);4-6H,7H2,1-3H3,(H2,13,19)(H,15,16);4H2,1-3H3,(H,9,10,11);2*1H4. The van der Waals surface area contributed by atoms with Crippen LogP contribution >= 0.6 is 39.5 Å². The van der Waals surface area contributed by atoms with Crippen molar-refractivity contribution in [2.75, 3.05) is 10.6 Å². The van der Waals surface area contributed by atoms with Crippen molar-refractivity contribution in [3.05, 3.63) is 59.0 Å². The Morgan fingerprint density at radius 3 is 1.50 bits per heavy atom. The van der Waals surface area contributed by atoms with E-state index in [9.17, 15) is 24.0 Å². The van der Waals surface area contributed by atoms with Crippen LogP contribution in [-0.4, -0.2) is 78.0 Å². The lowest BCUT2D eigenvalue weighted by Gasteiger charge is -2.19. The number of aromatic nitrogens is 3. The number of nitrogens with one attached hydrogen (secondary N) is 4. The maximum Gasteiger partial charge on any atom is 0.431 e. The minimum Gasteiger partial charge on any atom is -0.444 e. The van der Waals surface area contributed by atoms with Gasteiger partial charge in [-0.3, -0.25) is 35.1 Å². The number of ether oxygens (including phenoxy) is 4. The predicted octanol–water partition coefficient (Wildman–Crippen LogP) is 8.89. The summed E-state index contributed by atoms with van der Waals surface area (Å²) in [5.41, 5.74) is 10.2.